The maximum atomic E-state index is 11.7. The highest BCUT2D eigenvalue weighted by Gasteiger charge is 2.36. The average Bonchev–Trinajstić information content (AvgIpc) is 2.60. The number of carbonyl (C=O) groups is 1. The second-order valence-electron chi connectivity index (χ2n) is 4.10. The Morgan fingerprint density at radius 1 is 1.40 bits per heavy atom. The van der Waals surface area contributed by atoms with Crippen LogP contribution in [-0.2, 0) is 14.3 Å². The third-order valence-electron chi connectivity index (χ3n) is 3.18. The molecular weight excluding hydrogens is 192 g/mol. The summed E-state index contributed by atoms with van der Waals surface area (Å²) in [5.74, 6) is 1.53. The van der Waals surface area contributed by atoms with Gasteiger partial charge in [-0.05, 0) is 19.3 Å². The van der Waals surface area contributed by atoms with E-state index in [0.29, 0.717) is 18.9 Å². The average molecular weight is 210 g/mol. The molecule has 2 atom stereocenters. The minimum absolute atomic E-state index is 0.135. The van der Waals surface area contributed by atoms with Gasteiger partial charge in [0.2, 0.25) is 0 Å². The molecule has 2 rings (SSSR count). The summed E-state index contributed by atoms with van der Waals surface area (Å²) < 4.78 is 11.2. The summed E-state index contributed by atoms with van der Waals surface area (Å²) in [7, 11) is 0. The normalized spacial score (nSPS) is 30.4. The van der Waals surface area contributed by atoms with E-state index in [4.69, 9.17) is 9.47 Å². The number of hydrogen-bond acceptors (Lipinski definition) is 3. The predicted octanol–water partition coefficient (Wildman–Crippen LogP) is 2.41. The van der Waals surface area contributed by atoms with Gasteiger partial charge < -0.3 is 9.47 Å². The number of Topliss-reactive ketones (excluding diaryl/α,β-unsaturated/α-hetero) is 1. The lowest BCUT2D eigenvalue weighted by molar-refractivity contribution is -0.134. The predicted molar refractivity (Wildman–Crippen MR) is 56.2 cm³/mol. The second kappa shape index (κ2) is 4.35. The van der Waals surface area contributed by atoms with Crippen molar-refractivity contribution in [3.05, 3.63) is 11.3 Å². The molecule has 1 heterocycles. The number of rotatable bonds is 3. The van der Waals surface area contributed by atoms with Gasteiger partial charge in [-0.1, -0.05) is 6.92 Å². The SMILES string of the molecule is CCOC1CC(CC)C2=C(CCC2=O)O1. The van der Waals surface area contributed by atoms with Gasteiger partial charge in [-0.15, -0.1) is 0 Å². The van der Waals surface area contributed by atoms with Gasteiger partial charge in [-0.3, -0.25) is 4.79 Å². The molecule has 0 aromatic carbocycles. The molecule has 0 saturated heterocycles. The Hall–Kier alpha value is -0.830. The number of ether oxygens (including phenoxy) is 2. The van der Waals surface area contributed by atoms with Gasteiger partial charge in [-0.2, -0.15) is 0 Å². The highest BCUT2D eigenvalue weighted by atomic mass is 16.7. The molecule has 0 bridgehead atoms. The molecule has 0 radical (unpaired) electrons. The molecule has 1 aliphatic heterocycles. The van der Waals surface area contributed by atoms with Gasteiger partial charge in [-0.25, -0.2) is 0 Å². The number of carbonyl (C=O) groups excluding carboxylic acids is 1. The molecule has 0 fully saturated rings. The third-order valence-corrected chi connectivity index (χ3v) is 3.18. The van der Waals surface area contributed by atoms with Crippen LogP contribution in [0, 0.1) is 5.92 Å². The van der Waals surface area contributed by atoms with E-state index in [9.17, 15) is 4.79 Å². The molecule has 1 aliphatic carbocycles. The summed E-state index contributed by atoms with van der Waals surface area (Å²) in [6.07, 6.45) is 3.09. The fraction of sp³-hybridized carbons (Fsp3) is 0.750. The first-order valence-electron chi connectivity index (χ1n) is 5.80. The number of allylic oxidation sites excluding steroid dienone is 2. The molecule has 0 N–H and O–H groups in total. The molecular formula is C12H18O3. The van der Waals surface area contributed by atoms with Gasteiger partial charge in [0, 0.05) is 31.4 Å². The van der Waals surface area contributed by atoms with E-state index in [1.54, 1.807) is 0 Å². The van der Waals surface area contributed by atoms with Crippen molar-refractivity contribution >= 4 is 5.78 Å². The van der Waals surface area contributed by atoms with Crippen LogP contribution in [0.1, 0.15) is 39.5 Å². The first-order valence-corrected chi connectivity index (χ1v) is 5.80. The van der Waals surface area contributed by atoms with Gasteiger partial charge in [0.25, 0.3) is 0 Å². The van der Waals surface area contributed by atoms with E-state index in [1.165, 1.54) is 0 Å². The summed E-state index contributed by atoms with van der Waals surface area (Å²) in [4.78, 5) is 11.7. The quantitative estimate of drug-likeness (QED) is 0.717. The van der Waals surface area contributed by atoms with E-state index < -0.39 is 0 Å². The maximum absolute atomic E-state index is 11.7. The molecule has 15 heavy (non-hydrogen) atoms. The van der Waals surface area contributed by atoms with Crippen molar-refractivity contribution < 1.29 is 14.3 Å². The Balaban J connectivity index is 2.16. The van der Waals surface area contributed by atoms with Crippen molar-refractivity contribution in [2.45, 2.75) is 45.8 Å². The van der Waals surface area contributed by atoms with E-state index in [1.807, 2.05) is 6.92 Å². The minimum Gasteiger partial charge on any atom is -0.469 e. The van der Waals surface area contributed by atoms with Crippen molar-refractivity contribution in [3.8, 4) is 0 Å². The molecule has 84 valence electrons. The second-order valence-corrected chi connectivity index (χ2v) is 4.10. The highest BCUT2D eigenvalue weighted by molar-refractivity contribution is 5.98. The zero-order valence-corrected chi connectivity index (χ0v) is 9.41. The minimum atomic E-state index is -0.135. The van der Waals surface area contributed by atoms with Gasteiger partial charge in [0.1, 0.15) is 5.76 Å². The Labute approximate surface area is 90.4 Å². The van der Waals surface area contributed by atoms with Crippen molar-refractivity contribution in [2.75, 3.05) is 6.61 Å². The molecule has 3 heteroatoms. The summed E-state index contributed by atoms with van der Waals surface area (Å²) in [6, 6.07) is 0. The van der Waals surface area contributed by atoms with Crippen LogP contribution in [0.5, 0.6) is 0 Å². The van der Waals surface area contributed by atoms with Crippen molar-refractivity contribution in [1.29, 1.82) is 0 Å². The van der Waals surface area contributed by atoms with Crippen LogP contribution >= 0.6 is 0 Å². The van der Waals surface area contributed by atoms with Gasteiger partial charge in [0.05, 0.1) is 0 Å². The fourth-order valence-electron chi connectivity index (χ4n) is 2.45. The van der Waals surface area contributed by atoms with Crippen LogP contribution in [0.3, 0.4) is 0 Å². The van der Waals surface area contributed by atoms with E-state index >= 15 is 0 Å². The lowest BCUT2D eigenvalue weighted by atomic mass is 9.89. The zero-order chi connectivity index (χ0) is 10.8. The third kappa shape index (κ3) is 1.93. The Kier molecular flexibility index (Phi) is 3.10. The van der Waals surface area contributed by atoms with Crippen LogP contribution < -0.4 is 0 Å². The first kappa shape index (κ1) is 10.7. The van der Waals surface area contributed by atoms with Crippen LogP contribution in [-0.4, -0.2) is 18.7 Å². The summed E-state index contributed by atoms with van der Waals surface area (Å²) in [6.45, 7) is 4.75. The van der Waals surface area contributed by atoms with Gasteiger partial charge in [0.15, 0.2) is 12.1 Å². The molecule has 0 aromatic rings. The standard InChI is InChI=1S/C12H18O3/c1-3-8-7-11(14-4-2)15-10-6-5-9(13)12(8)10/h8,11H,3-7H2,1-2H3. The van der Waals surface area contributed by atoms with Crippen molar-refractivity contribution in [3.63, 3.8) is 0 Å². The Bertz CT molecular complexity index is 293. The van der Waals surface area contributed by atoms with Crippen LogP contribution in [0.25, 0.3) is 0 Å². The molecule has 0 saturated carbocycles. The zero-order valence-electron chi connectivity index (χ0n) is 9.41. The summed E-state index contributed by atoms with van der Waals surface area (Å²) >= 11 is 0. The maximum Gasteiger partial charge on any atom is 0.199 e. The highest BCUT2D eigenvalue weighted by Crippen LogP contribution is 2.39. The van der Waals surface area contributed by atoms with Crippen LogP contribution in [0.15, 0.2) is 11.3 Å². The number of ketones is 1. The molecule has 0 amide bonds. The lowest BCUT2D eigenvalue weighted by Crippen LogP contribution is -2.28. The van der Waals surface area contributed by atoms with Gasteiger partial charge >= 0.3 is 0 Å². The van der Waals surface area contributed by atoms with Crippen LogP contribution in [0.4, 0.5) is 0 Å². The molecule has 0 aromatic heterocycles. The van der Waals surface area contributed by atoms with E-state index in [-0.39, 0.29) is 12.1 Å². The number of hydrogen-bond donors (Lipinski definition) is 0. The molecule has 2 unspecified atom stereocenters. The Morgan fingerprint density at radius 2 is 2.20 bits per heavy atom. The molecule has 3 nitrogen and oxygen atoms in total. The summed E-state index contributed by atoms with van der Waals surface area (Å²) in [5.41, 5.74) is 0.952. The monoisotopic (exact) mass is 210 g/mol. The van der Waals surface area contributed by atoms with E-state index in [2.05, 4.69) is 6.92 Å². The van der Waals surface area contributed by atoms with Crippen molar-refractivity contribution in [1.82, 2.24) is 0 Å². The molecule has 2 aliphatic rings. The molecule has 0 spiro atoms. The summed E-state index contributed by atoms with van der Waals surface area (Å²) in [5, 5.41) is 0. The largest absolute Gasteiger partial charge is 0.469 e. The van der Waals surface area contributed by atoms with E-state index in [0.717, 1.165) is 30.6 Å². The Morgan fingerprint density at radius 3 is 2.87 bits per heavy atom. The van der Waals surface area contributed by atoms with Crippen LogP contribution in [0.2, 0.25) is 0 Å². The smallest absolute Gasteiger partial charge is 0.199 e. The lowest BCUT2D eigenvalue weighted by Gasteiger charge is -2.30. The van der Waals surface area contributed by atoms with Crippen molar-refractivity contribution in [2.24, 2.45) is 5.92 Å². The fourth-order valence-corrected chi connectivity index (χ4v) is 2.45. The topological polar surface area (TPSA) is 35.5 Å². The first-order chi connectivity index (χ1) is 7.26.